The molecular formula is C19H25N3O3S. The first-order chi connectivity index (χ1) is 12.5. The van der Waals surface area contributed by atoms with Crippen LogP contribution in [0.3, 0.4) is 0 Å². The summed E-state index contributed by atoms with van der Waals surface area (Å²) in [7, 11) is -2.80. The van der Waals surface area contributed by atoms with Crippen molar-refractivity contribution in [1.82, 2.24) is 14.5 Å². The Morgan fingerprint density at radius 2 is 1.77 bits per heavy atom. The van der Waals surface area contributed by atoms with E-state index < -0.39 is 9.84 Å². The van der Waals surface area contributed by atoms with Gasteiger partial charge in [-0.3, -0.25) is 0 Å². The van der Waals surface area contributed by atoms with Crippen LogP contribution < -0.4 is 0 Å². The van der Waals surface area contributed by atoms with Gasteiger partial charge in [-0.15, -0.1) is 0 Å². The lowest BCUT2D eigenvalue weighted by atomic mass is 10.00. The van der Waals surface area contributed by atoms with Gasteiger partial charge in [-0.2, -0.15) is 0 Å². The molecule has 0 unspecified atom stereocenters. The third-order valence-electron chi connectivity index (χ3n) is 5.71. The monoisotopic (exact) mass is 375 g/mol. The number of phenols is 1. The average Bonchev–Trinajstić information content (AvgIpc) is 3.12. The predicted molar refractivity (Wildman–Crippen MR) is 101 cm³/mol. The summed E-state index contributed by atoms with van der Waals surface area (Å²) < 4.78 is 25.5. The molecule has 0 saturated carbocycles. The number of benzene rings is 1. The molecule has 7 heteroatoms. The van der Waals surface area contributed by atoms with Gasteiger partial charge in [-0.25, -0.2) is 13.4 Å². The maximum atomic E-state index is 11.6. The van der Waals surface area contributed by atoms with E-state index in [1.54, 1.807) is 12.1 Å². The van der Waals surface area contributed by atoms with Crippen molar-refractivity contribution in [2.75, 3.05) is 24.6 Å². The smallest absolute Gasteiger partial charge is 0.150 e. The Bertz CT molecular complexity index is 856. The summed E-state index contributed by atoms with van der Waals surface area (Å²) in [5, 5.41) is 9.74. The normalized spacial score (nSPS) is 22.5. The lowest BCUT2D eigenvalue weighted by Crippen LogP contribution is -2.45. The molecule has 0 spiro atoms. The number of hydrogen-bond acceptors (Lipinski definition) is 5. The van der Waals surface area contributed by atoms with E-state index >= 15 is 0 Å². The Morgan fingerprint density at radius 1 is 1.04 bits per heavy atom. The first kappa shape index (κ1) is 17.5. The van der Waals surface area contributed by atoms with Crippen molar-refractivity contribution in [1.29, 1.82) is 0 Å². The Hall–Kier alpha value is -1.86. The summed E-state index contributed by atoms with van der Waals surface area (Å²) in [5.41, 5.74) is 0.926. The highest BCUT2D eigenvalue weighted by atomic mass is 32.2. The first-order valence-corrected chi connectivity index (χ1v) is 11.1. The fourth-order valence-electron chi connectivity index (χ4n) is 4.25. The minimum absolute atomic E-state index is 0.249. The standard InChI is InChI=1S/C19H25N3O3S/c23-18-3-1-2-15(14-18)19-20-8-11-22(19)17-4-9-21(10-5-17)16-6-12-26(24,25)13-7-16/h1-3,8,11,14,16-17,23H,4-7,9-10,12-13H2. The van der Waals surface area contributed by atoms with E-state index in [0.717, 1.165) is 50.2 Å². The summed E-state index contributed by atoms with van der Waals surface area (Å²) in [5.74, 6) is 1.81. The van der Waals surface area contributed by atoms with E-state index in [-0.39, 0.29) is 5.75 Å². The molecule has 3 heterocycles. The summed E-state index contributed by atoms with van der Waals surface area (Å²) in [6.07, 6.45) is 7.45. The summed E-state index contributed by atoms with van der Waals surface area (Å²) in [4.78, 5) is 6.97. The van der Waals surface area contributed by atoms with Crippen LogP contribution in [0.2, 0.25) is 0 Å². The highest BCUT2D eigenvalue weighted by Crippen LogP contribution is 2.31. The van der Waals surface area contributed by atoms with E-state index in [1.807, 2.05) is 24.5 Å². The fraction of sp³-hybridized carbons (Fsp3) is 0.526. The van der Waals surface area contributed by atoms with E-state index in [0.29, 0.717) is 23.6 Å². The molecule has 0 amide bonds. The number of aromatic nitrogens is 2. The maximum Gasteiger partial charge on any atom is 0.150 e. The third-order valence-corrected chi connectivity index (χ3v) is 7.42. The van der Waals surface area contributed by atoms with E-state index in [4.69, 9.17) is 0 Å². The molecule has 2 fully saturated rings. The van der Waals surface area contributed by atoms with E-state index in [1.165, 1.54) is 0 Å². The van der Waals surface area contributed by atoms with Crippen molar-refractivity contribution >= 4 is 9.84 Å². The number of piperidine rings is 1. The van der Waals surface area contributed by atoms with Crippen LogP contribution in [-0.4, -0.2) is 58.6 Å². The largest absolute Gasteiger partial charge is 0.508 e. The SMILES string of the molecule is O=S1(=O)CCC(N2CCC(n3ccnc3-c3cccc(O)c3)CC2)CC1. The van der Waals surface area contributed by atoms with Crippen LogP contribution in [0.25, 0.3) is 11.4 Å². The van der Waals surface area contributed by atoms with Crippen LogP contribution in [0.1, 0.15) is 31.7 Å². The highest BCUT2D eigenvalue weighted by Gasteiger charge is 2.31. The summed E-state index contributed by atoms with van der Waals surface area (Å²) in [6.45, 7) is 1.99. The second kappa shape index (κ2) is 7.04. The number of rotatable bonds is 3. The van der Waals surface area contributed by atoms with Gasteiger partial charge in [0.2, 0.25) is 0 Å². The molecule has 1 aromatic heterocycles. The van der Waals surface area contributed by atoms with Crippen LogP contribution >= 0.6 is 0 Å². The molecule has 0 radical (unpaired) electrons. The number of sulfone groups is 1. The molecule has 2 aromatic rings. The van der Waals surface area contributed by atoms with Gasteiger partial charge in [-0.1, -0.05) is 12.1 Å². The molecular weight excluding hydrogens is 350 g/mol. The molecule has 0 atom stereocenters. The van der Waals surface area contributed by atoms with Gasteiger partial charge >= 0.3 is 0 Å². The first-order valence-electron chi connectivity index (χ1n) is 9.28. The van der Waals surface area contributed by atoms with Crippen molar-refractivity contribution in [2.45, 2.75) is 37.8 Å². The maximum absolute atomic E-state index is 11.6. The second-order valence-electron chi connectivity index (χ2n) is 7.36. The Balaban J connectivity index is 1.42. The molecule has 2 aliphatic heterocycles. The van der Waals surface area contributed by atoms with E-state index in [2.05, 4.69) is 14.5 Å². The Morgan fingerprint density at radius 3 is 2.46 bits per heavy atom. The molecule has 4 rings (SSSR count). The van der Waals surface area contributed by atoms with Gasteiger partial charge < -0.3 is 14.6 Å². The van der Waals surface area contributed by atoms with Crippen molar-refractivity contribution in [3.63, 3.8) is 0 Å². The quantitative estimate of drug-likeness (QED) is 0.892. The molecule has 2 aliphatic rings. The highest BCUT2D eigenvalue weighted by molar-refractivity contribution is 7.91. The van der Waals surface area contributed by atoms with Crippen LogP contribution in [0.15, 0.2) is 36.7 Å². The average molecular weight is 375 g/mol. The molecule has 2 saturated heterocycles. The number of phenolic OH excluding ortho intramolecular Hbond substituents is 1. The Labute approximate surface area is 154 Å². The van der Waals surface area contributed by atoms with Gasteiger partial charge in [0.25, 0.3) is 0 Å². The van der Waals surface area contributed by atoms with Crippen molar-refractivity contribution < 1.29 is 13.5 Å². The number of nitrogens with zero attached hydrogens (tertiary/aromatic N) is 3. The number of aromatic hydroxyl groups is 1. The number of imidazole rings is 1. The molecule has 6 nitrogen and oxygen atoms in total. The zero-order chi connectivity index (χ0) is 18.1. The van der Waals surface area contributed by atoms with Gasteiger partial charge in [0, 0.05) is 43.1 Å². The minimum atomic E-state index is -2.80. The summed E-state index contributed by atoms with van der Waals surface area (Å²) >= 11 is 0. The minimum Gasteiger partial charge on any atom is -0.508 e. The predicted octanol–water partition coefficient (Wildman–Crippen LogP) is 2.47. The van der Waals surface area contributed by atoms with Crippen molar-refractivity contribution in [3.8, 4) is 17.1 Å². The zero-order valence-electron chi connectivity index (χ0n) is 14.8. The van der Waals surface area contributed by atoms with Crippen LogP contribution in [0, 0.1) is 0 Å². The van der Waals surface area contributed by atoms with Gasteiger partial charge in [-0.05, 0) is 37.8 Å². The molecule has 1 aromatic carbocycles. The molecule has 0 aliphatic carbocycles. The van der Waals surface area contributed by atoms with E-state index in [9.17, 15) is 13.5 Å². The zero-order valence-corrected chi connectivity index (χ0v) is 15.6. The fourth-order valence-corrected chi connectivity index (χ4v) is 5.71. The van der Waals surface area contributed by atoms with Crippen molar-refractivity contribution in [3.05, 3.63) is 36.7 Å². The van der Waals surface area contributed by atoms with Crippen LogP contribution in [-0.2, 0) is 9.84 Å². The number of likely N-dealkylation sites (tertiary alicyclic amines) is 1. The lowest BCUT2D eigenvalue weighted by molar-refractivity contribution is 0.127. The topological polar surface area (TPSA) is 75.4 Å². The molecule has 0 bridgehead atoms. The lowest BCUT2D eigenvalue weighted by Gasteiger charge is -2.39. The van der Waals surface area contributed by atoms with Crippen LogP contribution in [0.4, 0.5) is 0 Å². The van der Waals surface area contributed by atoms with Crippen molar-refractivity contribution in [2.24, 2.45) is 0 Å². The van der Waals surface area contributed by atoms with Gasteiger partial charge in [0.1, 0.15) is 21.4 Å². The van der Waals surface area contributed by atoms with Gasteiger partial charge in [0.15, 0.2) is 0 Å². The summed E-state index contributed by atoms with van der Waals surface area (Å²) in [6, 6.07) is 8.02. The number of hydrogen-bond donors (Lipinski definition) is 1. The molecule has 26 heavy (non-hydrogen) atoms. The van der Waals surface area contributed by atoms with Gasteiger partial charge in [0.05, 0.1) is 11.5 Å². The Kier molecular flexibility index (Phi) is 4.75. The second-order valence-corrected chi connectivity index (χ2v) is 9.66. The van der Waals surface area contributed by atoms with Crippen LogP contribution in [0.5, 0.6) is 5.75 Å². The molecule has 1 N–H and O–H groups in total. The third kappa shape index (κ3) is 3.64. The molecule has 140 valence electrons.